The van der Waals surface area contributed by atoms with Gasteiger partial charge >= 0.3 is 0 Å². The van der Waals surface area contributed by atoms with Crippen LogP contribution in [0, 0.1) is 0 Å². The fourth-order valence-corrected chi connectivity index (χ4v) is 1.69. The molecule has 6 nitrogen and oxygen atoms in total. The number of nitrogen functional groups attached to an aromatic ring is 1. The van der Waals surface area contributed by atoms with Gasteiger partial charge in [-0.3, -0.25) is 0 Å². The van der Waals surface area contributed by atoms with Gasteiger partial charge in [0.25, 0.3) is 0 Å². The number of nitrogens with zero attached hydrogens (tertiary/aromatic N) is 2. The number of anilines is 2. The van der Waals surface area contributed by atoms with E-state index >= 15 is 0 Å². The summed E-state index contributed by atoms with van der Waals surface area (Å²) >= 11 is 0. The second-order valence-electron chi connectivity index (χ2n) is 4.76. The van der Waals surface area contributed by atoms with Crippen LogP contribution >= 0.6 is 0 Å². The second-order valence-corrected chi connectivity index (χ2v) is 4.76. The zero-order valence-corrected chi connectivity index (χ0v) is 12.2. The van der Waals surface area contributed by atoms with E-state index in [0.717, 1.165) is 5.75 Å². The van der Waals surface area contributed by atoms with Crippen molar-refractivity contribution in [2.45, 2.75) is 20.0 Å². The number of rotatable bonds is 7. The summed E-state index contributed by atoms with van der Waals surface area (Å²) in [6.45, 7) is 5.03. The van der Waals surface area contributed by atoms with Gasteiger partial charge in [0.1, 0.15) is 24.5 Å². The average Bonchev–Trinajstić information content (AvgIpc) is 2.43. The predicted octanol–water partition coefficient (Wildman–Crippen LogP) is 2.34. The molecular weight excluding hydrogens is 268 g/mol. The first-order valence-electron chi connectivity index (χ1n) is 6.84. The van der Waals surface area contributed by atoms with Crippen molar-refractivity contribution in [1.29, 1.82) is 0 Å². The second kappa shape index (κ2) is 7.33. The first-order valence-corrected chi connectivity index (χ1v) is 6.84. The normalized spacial score (nSPS) is 10.4. The van der Waals surface area contributed by atoms with E-state index in [1.54, 1.807) is 12.1 Å². The Kier molecular flexibility index (Phi) is 5.20. The summed E-state index contributed by atoms with van der Waals surface area (Å²) in [5.41, 5.74) is 6.37. The third kappa shape index (κ3) is 5.18. The van der Waals surface area contributed by atoms with Crippen molar-refractivity contribution in [2.24, 2.45) is 0 Å². The maximum absolute atomic E-state index is 5.68. The number of benzene rings is 1. The summed E-state index contributed by atoms with van der Waals surface area (Å²) in [5, 5.41) is 3.16. The smallest absolute Gasteiger partial charge is 0.218 e. The molecule has 1 heterocycles. The lowest BCUT2D eigenvalue weighted by molar-refractivity contribution is 0.232. The molecule has 0 saturated carbocycles. The number of hydrogen-bond donors (Lipinski definition) is 2. The number of nitrogens with two attached hydrogens (primary N) is 1. The Morgan fingerprint density at radius 3 is 2.86 bits per heavy atom. The van der Waals surface area contributed by atoms with Crippen LogP contribution in [0.5, 0.6) is 11.6 Å². The van der Waals surface area contributed by atoms with Crippen LogP contribution in [0.3, 0.4) is 0 Å². The molecule has 0 unspecified atom stereocenters. The van der Waals surface area contributed by atoms with E-state index in [2.05, 4.69) is 15.3 Å². The van der Waals surface area contributed by atoms with Crippen LogP contribution in [-0.4, -0.2) is 29.2 Å². The van der Waals surface area contributed by atoms with Crippen molar-refractivity contribution in [3.05, 3.63) is 36.7 Å². The maximum atomic E-state index is 5.68. The van der Waals surface area contributed by atoms with Gasteiger partial charge in [0, 0.05) is 17.8 Å². The van der Waals surface area contributed by atoms with Gasteiger partial charge < -0.3 is 20.5 Å². The summed E-state index contributed by atoms with van der Waals surface area (Å²) in [4.78, 5) is 8.17. The zero-order chi connectivity index (χ0) is 15.1. The van der Waals surface area contributed by atoms with Crippen LogP contribution < -0.4 is 20.5 Å². The highest BCUT2D eigenvalue weighted by Crippen LogP contribution is 2.15. The fraction of sp³-hybridized carbons (Fsp3) is 0.333. The summed E-state index contributed by atoms with van der Waals surface area (Å²) < 4.78 is 11.1. The Morgan fingerprint density at radius 2 is 2.10 bits per heavy atom. The quantitative estimate of drug-likeness (QED) is 0.601. The van der Waals surface area contributed by atoms with E-state index in [-0.39, 0.29) is 6.10 Å². The third-order valence-corrected chi connectivity index (χ3v) is 2.53. The van der Waals surface area contributed by atoms with Gasteiger partial charge in [-0.25, -0.2) is 9.97 Å². The molecule has 2 aromatic rings. The molecule has 6 heteroatoms. The van der Waals surface area contributed by atoms with Crippen molar-refractivity contribution in [3.63, 3.8) is 0 Å². The Morgan fingerprint density at radius 1 is 1.24 bits per heavy atom. The minimum absolute atomic E-state index is 0.0830. The lowest BCUT2D eigenvalue weighted by Gasteiger charge is -2.11. The topological polar surface area (TPSA) is 82.3 Å². The lowest BCUT2D eigenvalue weighted by Crippen LogP contribution is -2.13. The molecule has 0 aliphatic carbocycles. The Hall–Kier alpha value is -2.50. The predicted molar refractivity (Wildman–Crippen MR) is 82.6 cm³/mol. The van der Waals surface area contributed by atoms with E-state index in [1.165, 1.54) is 6.33 Å². The highest BCUT2D eigenvalue weighted by atomic mass is 16.5. The largest absolute Gasteiger partial charge is 0.492 e. The van der Waals surface area contributed by atoms with E-state index in [1.807, 2.05) is 32.0 Å². The van der Waals surface area contributed by atoms with Crippen molar-refractivity contribution in [2.75, 3.05) is 24.2 Å². The maximum Gasteiger partial charge on any atom is 0.218 e. The van der Waals surface area contributed by atoms with Crippen LogP contribution in [0.1, 0.15) is 13.8 Å². The molecule has 0 amide bonds. The highest BCUT2D eigenvalue weighted by Gasteiger charge is 2.02. The minimum Gasteiger partial charge on any atom is -0.492 e. The molecule has 0 aliphatic heterocycles. The van der Waals surface area contributed by atoms with Gasteiger partial charge in [0.05, 0.1) is 12.6 Å². The molecular formula is C15H20N4O2. The lowest BCUT2D eigenvalue weighted by atomic mass is 10.3. The molecule has 3 N–H and O–H groups in total. The fourth-order valence-electron chi connectivity index (χ4n) is 1.69. The van der Waals surface area contributed by atoms with E-state index < -0.39 is 0 Å². The van der Waals surface area contributed by atoms with Gasteiger partial charge in [0.2, 0.25) is 5.88 Å². The van der Waals surface area contributed by atoms with E-state index in [4.69, 9.17) is 15.2 Å². The third-order valence-electron chi connectivity index (χ3n) is 2.53. The van der Waals surface area contributed by atoms with Gasteiger partial charge in [-0.2, -0.15) is 0 Å². The number of ether oxygens (including phenoxy) is 2. The van der Waals surface area contributed by atoms with Gasteiger partial charge in [0.15, 0.2) is 0 Å². The van der Waals surface area contributed by atoms with Gasteiger partial charge in [-0.15, -0.1) is 0 Å². The van der Waals surface area contributed by atoms with E-state index in [0.29, 0.717) is 30.5 Å². The van der Waals surface area contributed by atoms with Crippen molar-refractivity contribution < 1.29 is 9.47 Å². The standard InChI is InChI=1S/C15H20N4O2/c1-11(2)21-15-9-14(18-10-19-15)17-6-7-20-13-5-3-4-12(16)8-13/h3-5,8-11H,6-7,16H2,1-2H3,(H,17,18,19). The Balaban J connectivity index is 1.78. The minimum atomic E-state index is 0.0830. The molecule has 2 rings (SSSR count). The van der Waals surface area contributed by atoms with Gasteiger partial charge in [-0.1, -0.05) is 6.07 Å². The molecule has 0 fully saturated rings. The number of hydrogen-bond acceptors (Lipinski definition) is 6. The number of nitrogens with one attached hydrogen (secondary N) is 1. The van der Waals surface area contributed by atoms with Crippen LogP contribution in [0.2, 0.25) is 0 Å². The summed E-state index contributed by atoms with van der Waals surface area (Å²) in [6, 6.07) is 9.11. The first-order chi connectivity index (χ1) is 10.1. The molecule has 21 heavy (non-hydrogen) atoms. The van der Waals surface area contributed by atoms with Crippen molar-refractivity contribution in [1.82, 2.24) is 9.97 Å². The summed E-state index contributed by atoms with van der Waals surface area (Å²) in [7, 11) is 0. The molecule has 0 bridgehead atoms. The van der Waals surface area contributed by atoms with Crippen molar-refractivity contribution in [3.8, 4) is 11.6 Å². The summed E-state index contributed by atoms with van der Waals surface area (Å²) in [5.74, 6) is 2.01. The molecule has 0 spiro atoms. The molecule has 0 radical (unpaired) electrons. The molecule has 0 saturated heterocycles. The molecule has 1 aromatic heterocycles. The van der Waals surface area contributed by atoms with Crippen molar-refractivity contribution >= 4 is 11.5 Å². The van der Waals surface area contributed by atoms with Gasteiger partial charge in [-0.05, 0) is 26.0 Å². The molecule has 1 aromatic carbocycles. The zero-order valence-electron chi connectivity index (χ0n) is 12.2. The van der Waals surface area contributed by atoms with Crippen LogP contribution in [0.25, 0.3) is 0 Å². The Bertz CT molecular complexity index is 575. The summed E-state index contributed by atoms with van der Waals surface area (Å²) in [6.07, 6.45) is 1.55. The molecule has 0 aliphatic rings. The van der Waals surface area contributed by atoms with E-state index in [9.17, 15) is 0 Å². The first kappa shape index (κ1) is 14.9. The number of aromatic nitrogens is 2. The van der Waals surface area contributed by atoms with Crippen LogP contribution in [-0.2, 0) is 0 Å². The highest BCUT2D eigenvalue weighted by molar-refractivity contribution is 5.43. The molecule has 0 atom stereocenters. The average molecular weight is 288 g/mol. The molecule has 112 valence electrons. The van der Waals surface area contributed by atoms with Crippen LogP contribution in [0.4, 0.5) is 11.5 Å². The SMILES string of the molecule is CC(C)Oc1cc(NCCOc2cccc(N)c2)ncn1. The van der Waals surface area contributed by atoms with Crippen LogP contribution in [0.15, 0.2) is 36.7 Å². The monoisotopic (exact) mass is 288 g/mol. The Labute approximate surface area is 124 Å².